The van der Waals surface area contributed by atoms with Gasteiger partial charge in [0.25, 0.3) is 0 Å². The van der Waals surface area contributed by atoms with E-state index in [2.05, 4.69) is 0 Å². The van der Waals surface area contributed by atoms with Gasteiger partial charge in [-0.15, -0.1) is 0 Å². The number of likely N-dealkylation sites (N-methyl/N-ethyl adjacent to an activating group) is 1. The van der Waals surface area contributed by atoms with Crippen LogP contribution in [0, 0.1) is 11.3 Å². The highest BCUT2D eigenvalue weighted by molar-refractivity contribution is 7.08. The lowest BCUT2D eigenvalue weighted by Crippen LogP contribution is -2.45. The predicted molar refractivity (Wildman–Crippen MR) is 86.6 cm³/mol. The minimum Gasteiger partial charge on any atom is -0.338 e. The number of hydrogen-bond donors (Lipinski definition) is 0. The molecule has 0 spiro atoms. The van der Waals surface area contributed by atoms with Crippen LogP contribution in [0.1, 0.15) is 56.3 Å². The van der Waals surface area contributed by atoms with E-state index in [-0.39, 0.29) is 23.7 Å². The molecule has 21 heavy (non-hydrogen) atoms. The van der Waals surface area contributed by atoms with Crippen LogP contribution in [0.15, 0.2) is 16.8 Å². The average Bonchev–Trinajstić information content (AvgIpc) is 3.01. The van der Waals surface area contributed by atoms with Crippen molar-refractivity contribution in [3.63, 3.8) is 0 Å². The predicted octanol–water partition coefficient (Wildman–Crippen LogP) is 4.00. The molecule has 1 saturated carbocycles. The fourth-order valence-corrected chi connectivity index (χ4v) is 3.95. The fraction of sp³-hybridized carbons (Fsp3) is 0.647. The van der Waals surface area contributed by atoms with Gasteiger partial charge in [0, 0.05) is 23.4 Å². The van der Waals surface area contributed by atoms with Crippen molar-refractivity contribution in [2.24, 2.45) is 11.3 Å². The van der Waals surface area contributed by atoms with Crippen molar-refractivity contribution in [3.05, 3.63) is 22.4 Å². The number of thiophene rings is 1. The van der Waals surface area contributed by atoms with Gasteiger partial charge in [0.2, 0.25) is 5.91 Å². The third kappa shape index (κ3) is 3.73. The minimum atomic E-state index is -0.371. The van der Waals surface area contributed by atoms with Gasteiger partial charge in [0.05, 0.1) is 6.54 Å². The Morgan fingerprint density at radius 2 is 1.95 bits per heavy atom. The number of hydrogen-bond acceptors (Lipinski definition) is 3. The average molecular weight is 307 g/mol. The van der Waals surface area contributed by atoms with Crippen molar-refractivity contribution >= 4 is 23.0 Å². The maximum absolute atomic E-state index is 12.7. The van der Waals surface area contributed by atoms with Gasteiger partial charge >= 0.3 is 0 Å². The zero-order chi connectivity index (χ0) is 15.5. The summed E-state index contributed by atoms with van der Waals surface area (Å²) in [5, 5.41) is 3.73. The zero-order valence-corrected chi connectivity index (χ0v) is 14.0. The first-order valence-electron chi connectivity index (χ1n) is 7.74. The summed E-state index contributed by atoms with van der Waals surface area (Å²) in [7, 11) is 1.75. The summed E-state index contributed by atoms with van der Waals surface area (Å²) in [4.78, 5) is 26.5. The molecule has 1 aromatic heterocycles. The molecule has 0 aliphatic heterocycles. The molecule has 0 bridgehead atoms. The summed E-state index contributed by atoms with van der Waals surface area (Å²) in [5.41, 5.74) is 0.333. The van der Waals surface area contributed by atoms with Crippen LogP contribution < -0.4 is 0 Å². The van der Waals surface area contributed by atoms with Crippen LogP contribution in [0.5, 0.6) is 0 Å². The molecule has 0 saturated heterocycles. The Labute approximate surface area is 131 Å². The van der Waals surface area contributed by atoms with Gasteiger partial charge in [-0.1, -0.05) is 33.1 Å². The molecule has 116 valence electrons. The summed E-state index contributed by atoms with van der Waals surface area (Å²) in [6.45, 7) is 4.25. The van der Waals surface area contributed by atoms with E-state index in [4.69, 9.17) is 0 Å². The standard InChI is InChI=1S/C17H25NO2S/c1-17(2,14-7-5-4-6-8-14)16(20)18(3)11-15(19)13-9-10-21-12-13/h9-10,12,14H,4-8,11H2,1-3H3. The monoisotopic (exact) mass is 307 g/mol. The first-order chi connectivity index (χ1) is 9.93. The molecule has 1 aliphatic rings. The van der Waals surface area contributed by atoms with Gasteiger partial charge in [0.1, 0.15) is 0 Å². The van der Waals surface area contributed by atoms with E-state index >= 15 is 0 Å². The summed E-state index contributed by atoms with van der Waals surface area (Å²) < 4.78 is 0. The third-order valence-corrected chi connectivity index (χ3v) is 5.43. The molecular formula is C17H25NO2S. The number of amides is 1. The Hall–Kier alpha value is -1.16. The van der Waals surface area contributed by atoms with Crippen molar-refractivity contribution in [1.82, 2.24) is 4.90 Å². The molecule has 2 rings (SSSR count). The quantitative estimate of drug-likeness (QED) is 0.771. The molecule has 3 nitrogen and oxygen atoms in total. The maximum Gasteiger partial charge on any atom is 0.228 e. The lowest BCUT2D eigenvalue weighted by Gasteiger charge is -2.38. The van der Waals surface area contributed by atoms with Crippen LogP contribution in [-0.2, 0) is 4.79 Å². The van der Waals surface area contributed by atoms with Crippen LogP contribution >= 0.6 is 11.3 Å². The summed E-state index contributed by atoms with van der Waals surface area (Å²) >= 11 is 1.51. The van der Waals surface area contributed by atoms with Gasteiger partial charge in [-0.2, -0.15) is 11.3 Å². The Morgan fingerprint density at radius 1 is 1.29 bits per heavy atom. The van der Waals surface area contributed by atoms with Gasteiger partial charge in [-0.3, -0.25) is 9.59 Å². The minimum absolute atomic E-state index is 0.0199. The van der Waals surface area contributed by atoms with Crippen LogP contribution in [0.3, 0.4) is 0 Å². The van der Waals surface area contributed by atoms with E-state index in [1.54, 1.807) is 11.9 Å². The number of nitrogens with zero attached hydrogens (tertiary/aromatic N) is 1. The van der Waals surface area contributed by atoms with Crippen LogP contribution in [-0.4, -0.2) is 30.2 Å². The molecule has 1 aromatic rings. The van der Waals surface area contributed by atoms with Crippen LogP contribution in [0.4, 0.5) is 0 Å². The summed E-state index contributed by atoms with van der Waals surface area (Å²) in [6, 6.07) is 1.82. The maximum atomic E-state index is 12.7. The van der Waals surface area contributed by atoms with E-state index in [1.165, 1.54) is 30.6 Å². The van der Waals surface area contributed by atoms with Crippen molar-refractivity contribution in [2.75, 3.05) is 13.6 Å². The van der Waals surface area contributed by atoms with E-state index in [0.29, 0.717) is 11.5 Å². The number of ketones is 1. The van der Waals surface area contributed by atoms with E-state index in [1.807, 2.05) is 30.7 Å². The summed E-state index contributed by atoms with van der Waals surface area (Å²) in [5.74, 6) is 0.557. The largest absolute Gasteiger partial charge is 0.338 e. The molecule has 1 heterocycles. The first-order valence-corrected chi connectivity index (χ1v) is 8.68. The van der Waals surface area contributed by atoms with Gasteiger partial charge in [0.15, 0.2) is 5.78 Å². The molecule has 0 radical (unpaired) electrons. The molecule has 0 atom stereocenters. The SMILES string of the molecule is CN(CC(=O)c1ccsc1)C(=O)C(C)(C)C1CCCCC1. The number of rotatable bonds is 5. The molecule has 1 aliphatic carbocycles. The number of carbonyl (C=O) groups excluding carboxylic acids is 2. The Morgan fingerprint density at radius 3 is 2.52 bits per heavy atom. The number of carbonyl (C=O) groups is 2. The number of Topliss-reactive ketones (excluding diaryl/α,β-unsaturated/α-hetero) is 1. The second kappa shape index (κ2) is 6.73. The Balaban J connectivity index is 1.99. The van der Waals surface area contributed by atoms with Crippen molar-refractivity contribution in [2.45, 2.75) is 46.0 Å². The highest BCUT2D eigenvalue weighted by Gasteiger charge is 2.39. The Bertz CT molecular complexity index is 487. The zero-order valence-electron chi connectivity index (χ0n) is 13.2. The normalized spacial score (nSPS) is 16.7. The van der Waals surface area contributed by atoms with Crippen molar-refractivity contribution < 1.29 is 9.59 Å². The second-order valence-electron chi connectivity index (χ2n) is 6.65. The van der Waals surface area contributed by atoms with Gasteiger partial charge in [-0.05, 0) is 30.2 Å². The molecule has 0 aromatic carbocycles. The second-order valence-corrected chi connectivity index (χ2v) is 7.43. The molecule has 0 unspecified atom stereocenters. The van der Waals surface area contributed by atoms with E-state index in [0.717, 1.165) is 12.8 Å². The lowest BCUT2D eigenvalue weighted by molar-refractivity contribution is -0.142. The van der Waals surface area contributed by atoms with Crippen LogP contribution in [0.25, 0.3) is 0 Å². The molecule has 1 amide bonds. The fourth-order valence-electron chi connectivity index (χ4n) is 3.29. The molecule has 1 fully saturated rings. The highest BCUT2D eigenvalue weighted by atomic mass is 32.1. The van der Waals surface area contributed by atoms with E-state index in [9.17, 15) is 9.59 Å². The topological polar surface area (TPSA) is 37.4 Å². The highest BCUT2D eigenvalue weighted by Crippen LogP contribution is 2.39. The smallest absolute Gasteiger partial charge is 0.228 e. The third-order valence-electron chi connectivity index (χ3n) is 4.75. The van der Waals surface area contributed by atoms with Crippen molar-refractivity contribution in [3.8, 4) is 0 Å². The van der Waals surface area contributed by atoms with Gasteiger partial charge < -0.3 is 4.90 Å². The summed E-state index contributed by atoms with van der Waals surface area (Å²) in [6.07, 6.45) is 5.99. The van der Waals surface area contributed by atoms with E-state index < -0.39 is 0 Å². The molecular weight excluding hydrogens is 282 g/mol. The first kappa shape index (κ1) is 16.2. The van der Waals surface area contributed by atoms with Crippen LogP contribution in [0.2, 0.25) is 0 Å². The Kier molecular flexibility index (Phi) is 5.20. The van der Waals surface area contributed by atoms with Crippen molar-refractivity contribution in [1.29, 1.82) is 0 Å². The molecule has 4 heteroatoms. The lowest BCUT2D eigenvalue weighted by atomic mass is 9.70. The molecule has 0 N–H and O–H groups in total. The van der Waals surface area contributed by atoms with Gasteiger partial charge in [-0.25, -0.2) is 0 Å².